The average molecular weight is 727 g/mol. The highest BCUT2D eigenvalue weighted by atomic mass is 28.4. The molecule has 1 fully saturated rings. The Morgan fingerprint density at radius 1 is 0.875 bits per heavy atom. The Morgan fingerprint density at radius 3 is 1.96 bits per heavy atom. The van der Waals surface area contributed by atoms with Crippen LogP contribution in [-0.4, -0.2) is 62.5 Å². The maximum absolute atomic E-state index is 16.8. The molecule has 0 aromatic carbocycles. The number of hydrogen-bond donors (Lipinski definition) is 0. The average Bonchev–Trinajstić information content (AvgIpc) is 3.32. The van der Waals surface area contributed by atoms with Crippen LogP contribution < -0.4 is 0 Å². The van der Waals surface area contributed by atoms with Crippen LogP contribution in [0.3, 0.4) is 0 Å². The first-order valence-electron chi connectivity index (χ1n) is 19.0. The quantitative estimate of drug-likeness (QED) is 0.0436. The molecule has 5 nitrogen and oxygen atoms in total. The zero-order valence-corrected chi connectivity index (χ0v) is 36.8. The van der Waals surface area contributed by atoms with Gasteiger partial charge in [-0.05, 0) is 73.7 Å². The number of esters is 1. The molecule has 0 aromatic rings. The van der Waals surface area contributed by atoms with Gasteiger partial charge in [-0.3, -0.25) is 4.79 Å². The largest absolute Gasteiger partial charge is 0.469 e. The first-order chi connectivity index (χ1) is 22.1. The molecule has 0 N–H and O–H groups in total. The third-order valence-corrected chi connectivity index (χ3v) is 25.4. The van der Waals surface area contributed by atoms with Gasteiger partial charge in [-0.15, -0.1) is 5.92 Å². The summed E-state index contributed by atoms with van der Waals surface area (Å²) >= 11 is 0. The summed E-state index contributed by atoms with van der Waals surface area (Å²) in [5, 5.41) is 0.113. The fraction of sp³-hybridized carbons (Fsp3) is 0.872. The molecule has 9 heteroatoms. The minimum atomic E-state index is -2.19. The second-order valence-corrected chi connectivity index (χ2v) is 31.4. The first-order valence-corrected chi connectivity index (χ1v) is 27.4. The van der Waals surface area contributed by atoms with Gasteiger partial charge in [0, 0.05) is 24.7 Å². The van der Waals surface area contributed by atoms with Crippen LogP contribution in [0.5, 0.6) is 0 Å². The second-order valence-electron chi connectivity index (χ2n) is 17.2. The van der Waals surface area contributed by atoms with Gasteiger partial charge in [-0.2, -0.15) is 0 Å². The van der Waals surface area contributed by atoms with Crippen LogP contribution in [0.1, 0.15) is 121 Å². The van der Waals surface area contributed by atoms with E-state index >= 15 is 4.39 Å². The van der Waals surface area contributed by atoms with Crippen LogP contribution in [0.2, 0.25) is 54.4 Å². The van der Waals surface area contributed by atoms with Gasteiger partial charge in [0.05, 0.1) is 25.4 Å². The van der Waals surface area contributed by atoms with Gasteiger partial charge in [0.25, 0.3) is 0 Å². The SMILES string of the molecule is CCCCC[C@@H](/C=C/[C@@H]1[C@@H]([C@@H](F)C#CCCCC(=O)OC)[C@H](O[Si](CC)(CC)CC)C[C@H]1O[Si](C)(C)C(C)(C)C)O[Si](C)(C)C(C)(C)C. The Labute approximate surface area is 299 Å². The van der Waals surface area contributed by atoms with E-state index in [1.54, 1.807) is 0 Å². The van der Waals surface area contributed by atoms with E-state index in [1.807, 2.05) is 0 Å². The Kier molecular flexibility index (Phi) is 18.6. The van der Waals surface area contributed by atoms with Crippen molar-refractivity contribution in [2.45, 2.75) is 199 Å². The van der Waals surface area contributed by atoms with Crippen molar-refractivity contribution >= 4 is 30.9 Å². The van der Waals surface area contributed by atoms with Gasteiger partial charge in [0.1, 0.15) is 0 Å². The van der Waals surface area contributed by atoms with Gasteiger partial charge in [-0.1, -0.05) is 107 Å². The first kappa shape index (κ1) is 45.3. The lowest BCUT2D eigenvalue weighted by atomic mass is 9.88. The van der Waals surface area contributed by atoms with Gasteiger partial charge in [0.2, 0.25) is 0 Å². The van der Waals surface area contributed by atoms with Crippen LogP contribution in [-0.2, 0) is 22.8 Å². The molecule has 1 aliphatic rings. The minimum absolute atomic E-state index is 0.0210. The number of halogens is 1. The van der Waals surface area contributed by atoms with E-state index in [9.17, 15) is 4.79 Å². The van der Waals surface area contributed by atoms with Gasteiger partial charge < -0.3 is 18.0 Å². The molecule has 1 rings (SSSR count). The van der Waals surface area contributed by atoms with Crippen LogP contribution in [0.25, 0.3) is 0 Å². The minimum Gasteiger partial charge on any atom is -0.469 e. The molecule has 1 aliphatic carbocycles. The lowest BCUT2D eigenvalue weighted by Crippen LogP contribution is -2.45. The van der Waals surface area contributed by atoms with Crippen molar-refractivity contribution < 1.29 is 27.2 Å². The fourth-order valence-electron chi connectivity index (χ4n) is 6.09. The van der Waals surface area contributed by atoms with E-state index < -0.39 is 37.0 Å². The number of carbonyl (C=O) groups is 1. The maximum Gasteiger partial charge on any atom is 0.305 e. The van der Waals surface area contributed by atoms with E-state index in [0.717, 1.165) is 37.4 Å². The summed E-state index contributed by atoms with van der Waals surface area (Å²) in [5.41, 5.74) is 0. The molecular weight excluding hydrogens is 652 g/mol. The number of alkyl halides is 1. The van der Waals surface area contributed by atoms with E-state index in [-0.39, 0.29) is 46.7 Å². The van der Waals surface area contributed by atoms with E-state index in [1.165, 1.54) is 13.5 Å². The third kappa shape index (κ3) is 13.4. The number of carbonyl (C=O) groups excluding carboxylic acids is 1. The van der Waals surface area contributed by atoms with Crippen molar-refractivity contribution in [2.24, 2.45) is 11.8 Å². The van der Waals surface area contributed by atoms with Crippen molar-refractivity contribution in [2.75, 3.05) is 7.11 Å². The molecule has 0 bridgehead atoms. The molecule has 6 atom stereocenters. The summed E-state index contributed by atoms with van der Waals surface area (Å²) in [6.07, 6.45) is 9.04. The molecule has 0 saturated heterocycles. The van der Waals surface area contributed by atoms with Gasteiger partial charge in [-0.25, -0.2) is 4.39 Å². The molecule has 0 radical (unpaired) electrons. The number of unbranched alkanes of at least 4 members (excludes halogenated alkanes) is 3. The fourth-order valence-corrected chi connectivity index (χ4v) is 11.7. The standard InChI is InChI=1S/C39H75FO5Si3/c1-16-20-22-25-31(43-46(12,13)38(5,6)7)28-29-32-34(44-47(14,15)39(8,9)10)30-35(45-48(17-2,18-3)19-4)37(32)33(40)26-23-21-24-27-36(41)42-11/h28-29,31-35,37H,16-22,24-25,27,30H2,1-15H3/b29-28+/t31-,32-,33-,34+,35+,37-/m0/s1. The van der Waals surface area contributed by atoms with Gasteiger partial charge in [0.15, 0.2) is 31.1 Å². The Balaban J connectivity index is 3.72. The maximum atomic E-state index is 16.8. The van der Waals surface area contributed by atoms with Crippen LogP contribution in [0, 0.1) is 23.7 Å². The van der Waals surface area contributed by atoms with Crippen molar-refractivity contribution in [1.82, 2.24) is 0 Å². The van der Waals surface area contributed by atoms with Crippen LogP contribution in [0.15, 0.2) is 12.2 Å². The summed E-state index contributed by atoms with van der Waals surface area (Å²) in [5.74, 6) is 5.17. The molecule has 0 unspecified atom stereocenters. The lowest BCUT2D eigenvalue weighted by molar-refractivity contribution is -0.140. The van der Waals surface area contributed by atoms with Gasteiger partial charge >= 0.3 is 5.97 Å². The molecule has 0 heterocycles. The van der Waals surface area contributed by atoms with Crippen LogP contribution >= 0.6 is 0 Å². The molecule has 0 aromatic heterocycles. The Bertz CT molecular complexity index is 1040. The predicted molar refractivity (Wildman–Crippen MR) is 210 cm³/mol. The third-order valence-electron chi connectivity index (χ3n) is 11.7. The molecule has 48 heavy (non-hydrogen) atoms. The van der Waals surface area contributed by atoms with E-state index in [2.05, 4.69) is 119 Å². The van der Waals surface area contributed by atoms with Crippen molar-refractivity contribution in [1.29, 1.82) is 0 Å². The lowest BCUT2D eigenvalue weighted by Gasteiger charge is -2.40. The summed E-state index contributed by atoms with van der Waals surface area (Å²) in [6, 6.07) is 3.02. The highest BCUT2D eigenvalue weighted by Gasteiger charge is 2.52. The van der Waals surface area contributed by atoms with E-state index in [0.29, 0.717) is 19.3 Å². The second kappa shape index (κ2) is 19.7. The van der Waals surface area contributed by atoms with Crippen LogP contribution in [0.4, 0.5) is 4.39 Å². The summed E-state index contributed by atoms with van der Waals surface area (Å²) in [6.45, 7) is 31.8. The number of rotatable bonds is 19. The highest BCUT2D eigenvalue weighted by molar-refractivity contribution is 6.74. The predicted octanol–water partition coefficient (Wildman–Crippen LogP) is 11.6. The normalized spacial score (nSPS) is 22.4. The molecule has 0 aliphatic heterocycles. The zero-order valence-electron chi connectivity index (χ0n) is 33.8. The molecule has 0 spiro atoms. The summed E-state index contributed by atoms with van der Waals surface area (Å²) in [7, 11) is -4.90. The van der Waals surface area contributed by atoms with E-state index in [4.69, 9.17) is 18.0 Å². The topological polar surface area (TPSA) is 54.0 Å². The van der Waals surface area contributed by atoms with Crippen molar-refractivity contribution in [3.63, 3.8) is 0 Å². The highest BCUT2D eigenvalue weighted by Crippen LogP contribution is 2.47. The molecule has 280 valence electrons. The monoisotopic (exact) mass is 726 g/mol. The van der Waals surface area contributed by atoms with Crippen molar-refractivity contribution in [3.8, 4) is 11.8 Å². The summed E-state index contributed by atoms with van der Waals surface area (Å²) in [4.78, 5) is 11.6. The smallest absolute Gasteiger partial charge is 0.305 e. The molecule has 0 amide bonds. The molecule has 1 saturated carbocycles. The Morgan fingerprint density at radius 2 is 1.46 bits per heavy atom. The Hall–Kier alpha value is -0.769. The summed E-state index contributed by atoms with van der Waals surface area (Å²) < 4.78 is 42.9. The molecular formula is C39H75FO5Si3. The number of ether oxygens (including phenoxy) is 1. The number of methoxy groups -OCH3 is 1. The number of hydrogen-bond acceptors (Lipinski definition) is 5. The van der Waals surface area contributed by atoms with Crippen molar-refractivity contribution in [3.05, 3.63) is 12.2 Å². The zero-order chi connectivity index (χ0) is 37.0.